The maximum atomic E-state index is 14.5. The number of guanidine groups is 1. The SMILES string of the molecule is NC1=NCCN1CC(=O)Nc1ccc(N(c2scnc2C(=O)O)S(=O)O)cc1F. The van der Waals surface area contributed by atoms with Crippen LogP contribution in [0.3, 0.4) is 0 Å². The van der Waals surface area contributed by atoms with Crippen molar-refractivity contribution in [3.63, 3.8) is 0 Å². The Balaban J connectivity index is 1.81. The van der Waals surface area contributed by atoms with Crippen LogP contribution in [0.4, 0.5) is 20.8 Å². The van der Waals surface area contributed by atoms with Crippen LogP contribution in [0.15, 0.2) is 28.7 Å². The summed E-state index contributed by atoms with van der Waals surface area (Å²) in [6.45, 7) is 0.858. The van der Waals surface area contributed by atoms with Crippen molar-refractivity contribution in [3.05, 3.63) is 35.2 Å². The van der Waals surface area contributed by atoms with Crippen LogP contribution in [0.1, 0.15) is 10.5 Å². The lowest BCUT2D eigenvalue weighted by atomic mass is 10.2. The van der Waals surface area contributed by atoms with Gasteiger partial charge in [0.05, 0.1) is 23.4 Å². The first-order chi connectivity index (χ1) is 13.8. The number of amides is 1. The van der Waals surface area contributed by atoms with Gasteiger partial charge in [0.15, 0.2) is 11.7 Å². The second kappa shape index (κ2) is 8.50. The predicted molar refractivity (Wildman–Crippen MR) is 105 cm³/mol. The molecule has 3 rings (SSSR count). The fraction of sp³-hybridized carbons (Fsp3) is 0.200. The molecule has 0 fully saturated rings. The number of nitrogens with two attached hydrogens (primary N) is 1. The molecule has 1 aromatic carbocycles. The molecule has 2 aromatic rings. The Morgan fingerprint density at radius 1 is 1.45 bits per heavy atom. The van der Waals surface area contributed by atoms with Crippen molar-refractivity contribution in [2.24, 2.45) is 10.7 Å². The minimum atomic E-state index is -2.69. The highest BCUT2D eigenvalue weighted by atomic mass is 32.2. The van der Waals surface area contributed by atoms with Crippen LogP contribution in [0.5, 0.6) is 0 Å². The molecular formula is C15H15FN6O5S2. The second-order valence-corrected chi connectivity index (χ2v) is 7.37. The summed E-state index contributed by atoms with van der Waals surface area (Å²) in [4.78, 5) is 32.5. The molecule has 0 saturated heterocycles. The van der Waals surface area contributed by atoms with E-state index in [1.54, 1.807) is 0 Å². The molecule has 0 spiro atoms. The number of benzene rings is 1. The maximum Gasteiger partial charge on any atom is 0.357 e. The normalized spacial score (nSPS) is 14.4. The number of carboxylic acids is 1. The van der Waals surface area contributed by atoms with E-state index in [9.17, 15) is 22.7 Å². The van der Waals surface area contributed by atoms with E-state index in [-0.39, 0.29) is 28.9 Å². The number of nitrogens with zero attached hydrogens (tertiary/aromatic N) is 4. The van der Waals surface area contributed by atoms with Crippen molar-refractivity contribution >= 4 is 56.8 Å². The second-order valence-electron chi connectivity index (χ2n) is 5.71. The molecule has 0 aliphatic carbocycles. The first-order valence-electron chi connectivity index (χ1n) is 8.00. The Labute approximate surface area is 170 Å². The molecule has 2 heterocycles. The largest absolute Gasteiger partial charge is 0.476 e. The van der Waals surface area contributed by atoms with Gasteiger partial charge in [0.1, 0.15) is 17.4 Å². The molecule has 5 N–H and O–H groups in total. The van der Waals surface area contributed by atoms with Crippen LogP contribution in [-0.4, -0.2) is 61.2 Å². The number of aliphatic imine (C=N–C) groups is 1. The monoisotopic (exact) mass is 442 g/mol. The van der Waals surface area contributed by atoms with Crippen LogP contribution in [-0.2, 0) is 16.1 Å². The fourth-order valence-corrected chi connectivity index (χ4v) is 4.12. The smallest absolute Gasteiger partial charge is 0.357 e. The van der Waals surface area contributed by atoms with E-state index >= 15 is 0 Å². The van der Waals surface area contributed by atoms with Crippen molar-refractivity contribution in [1.29, 1.82) is 0 Å². The van der Waals surface area contributed by atoms with Crippen LogP contribution in [0.2, 0.25) is 0 Å². The fourth-order valence-electron chi connectivity index (χ4n) is 2.56. The zero-order valence-corrected chi connectivity index (χ0v) is 16.2. The van der Waals surface area contributed by atoms with Gasteiger partial charge in [0, 0.05) is 12.6 Å². The number of nitrogens with one attached hydrogen (secondary N) is 1. The number of rotatable bonds is 7. The summed E-state index contributed by atoms with van der Waals surface area (Å²) in [6, 6.07) is 3.37. The number of halogens is 1. The third kappa shape index (κ3) is 4.49. The summed E-state index contributed by atoms with van der Waals surface area (Å²) in [5, 5.41) is 11.4. The van der Waals surface area contributed by atoms with Gasteiger partial charge in [-0.2, -0.15) is 0 Å². The van der Waals surface area contributed by atoms with E-state index in [0.29, 0.717) is 13.1 Å². The van der Waals surface area contributed by atoms with Crippen molar-refractivity contribution < 1.29 is 27.8 Å². The van der Waals surface area contributed by atoms with Gasteiger partial charge in [0.25, 0.3) is 11.3 Å². The number of hydrogen-bond acceptors (Lipinski definition) is 8. The van der Waals surface area contributed by atoms with Gasteiger partial charge in [0.2, 0.25) is 5.91 Å². The molecule has 154 valence electrons. The van der Waals surface area contributed by atoms with Crippen LogP contribution < -0.4 is 15.4 Å². The summed E-state index contributed by atoms with van der Waals surface area (Å²) in [5.41, 5.74) is 6.13. The molecular weight excluding hydrogens is 427 g/mol. The molecule has 0 saturated carbocycles. The third-order valence-electron chi connectivity index (χ3n) is 3.86. The zero-order chi connectivity index (χ0) is 21.1. The molecule has 1 atom stereocenters. The molecule has 29 heavy (non-hydrogen) atoms. The lowest BCUT2D eigenvalue weighted by Crippen LogP contribution is -2.39. The summed E-state index contributed by atoms with van der Waals surface area (Å²) < 4.78 is 36.6. The highest BCUT2D eigenvalue weighted by molar-refractivity contribution is 7.81. The van der Waals surface area contributed by atoms with Crippen LogP contribution in [0.25, 0.3) is 0 Å². The first-order valence-corrected chi connectivity index (χ1v) is 9.94. The summed E-state index contributed by atoms with van der Waals surface area (Å²) >= 11 is -1.88. The van der Waals surface area contributed by atoms with Crippen molar-refractivity contribution in [1.82, 2.24) is 9.88 Å². The van der Waals surface area contributed by atoms with Gasteiger partial charge in [-0.25, -0.2) is 22.7 Å². The minimum absolute atomic E-state index is 0.0935. The zero-order valence-electron chi connectivity index (χ0n) is 14.6. The molecule has 1 aliphatic heterocycles. The molecule has 11 nitrogen and oxygen atoms in total. The first kappa shape index (κ1) is 20.6. The topological polar surface area (TPSA) is 161 Å². The lowest BCUT2D eigenvalue weighted by Gasteiger charge is -2.20. The van der Waals surface area contributed by atoms with Gasteiger partial charge in [-0.1, -0.05) is 0 Å². The Morgan fingerprint density at radius 2 is 2.21 bits per heavy atom. The molecule has 1 amide bonds. The van der Waals surface area contributed by atoms with Gasteiger partial charge >= 0.3 is 5.97 Å². The number of carbonyl (C=O) groups is 2. The van der Waals surface area contributed by atoms with Gasteiger partial charge in [-0.3, -0.25) is 14.3 Å². The number of thiazole rings is 1. The standard InChI is InChI=1S/C15H15FN6O5S2/c16-9-5-8(22(29(26)27)13-12(14(24)25)19-7-28-13)1-2-10(9)20-11(23)6-21-4-3-18-15(21)17/h1-2,5,7H,3-4,6H2,(H2,17,18)(H,20,23)(H,24,25)(H,26,27). The van der Waals surface area contributed by atoms with Gasteiger partial charge in [-0.05, 0) is 12.1 Å². The Kier molecular flexibility index (Phi) is 6.05. The molecule has 1 aliphatic rings. The number of aromatic carboxylic acids is 1. The van der Waals surface area contributed by atoms with Crippen LogP contribution in [0, 0.1) is 5.82 Å². The molecule has 1 aromatic heterocycles. The van der Waals surface area contributed by atoms with E-state index in [4.69, 9.17) is 10.8 Å². The van der Waals surface area contributed by atoms with E-state index in [1.165, 1.54) is 22.5 Å². The Morgan fingerprint density at radius 3 is 2.79 bits per heavy atom. The number of anilines is 3. The number of hydrogen-bond donors (Lipinski definition) is 4. The lowest BCUT2D eigenvalue weighted by molar-refractivity contribution is -0.116. The maximum absolute atomic E-state index is 14.5. The van der Waals surface area contributed by atoms with Crippen molar-refractivity contribution in [2.45, 2.75) is 0 Å². The van der Waals surface area contributed by atoms with Gasteiger partial charge < -0.3 is 21.1 Å². The quantitative estimate of drug-likeness (QED) is 0.458. The molecule has 1 unspecified atom stereocenters. The summed E-state index contributed by atoms with van der Waals surface area (Å²) in [6.07, 6.45) is 0. The van der Waals surface area contributed by atoms with E-state index in [2.05, 4.69) is 15.3 Å². The average molecular weight is 442 g/mol. The van der Waals surface area contributed by atoms with Crippen molar-refractivity contribution in [3.8, 4) is 0 Å². The van der Waals surface area contributed by atoms with E-state index in [0.717, 1.165) is 21.7 Å². The highest BCUT2D eigenvalue weighted by Crippen LogP contribution is 2.34. The molecule has 0 bridgehead atoms. The Bertz CT molecular complexity index is 1010. The number of carboxylic acid groups (broad SMARTS) is 1. The van der Waals surface area contributed by atoms with E-state index in [1.807, 2.05) is 0 Å². The average Bonchev–Trinajstić information content (AvgIpc) is 3.27. The Hall–Kier alpha value is -3.10. The third-order valence-corrected chi connectivity index (χ3v) is 5.49. The number of carbonyl (C=O) groups excluding carboxylic acids is 1. The van der Waals surface area contributed by atoms with Crippen molar-refractivity contribution in [2.75, 3.05) is 29.3 Å². The van der Waals surface area contributed by atoms with Gasteiger partial charge in [-0.15, -0.1) is 11.3 Å². The molecule has 14 heteroatoms. The predicted octanol–water partition coefficient (Wildman–Crippen LogP) is 0.824. The highest BCUT2D eigenvalue weighted by Gasteiger charge is 2.26. The molecule has 0 radical (unpaired) electrons. The van der Waals surface area contributed by atoms with Crippen LogP contribution >= 0.6 is 11.3 Å². The van der Waals surface area contributed by atoms with E-state index < -0.39 is 34.7 Å². The summed E-state index contributed by atoms with van der Waals surface area (Å²) in [7, 11) is 0. The number of aromatic nitrogens is 1. The summed E-state index contributed by atoms with van der Waals surface area (Å²) in [5.74, 6) is -2.56. The minimum Gasteiger partial charge on any atom is -0.476 e.